The SMILES string of the molecule is C=C1C(=O)C[C@H](N2C(=O)O[C@H](c3ccccc3)[C@@H]2c2ccccc2)[C@H]1C. The van der Waals surface area contributed by atoms with Crippen molar-refractivity contribution >= 4 is 11.9 Å². The van der Waals surface area contributed by atoms with E-state index in [1.807, 2.05) is 67.6 Å². The average Bonchev–Trinajstić information content (AvgIpc) is 3.14. The Bertz CT molecular complexity index is 846. The second-order valence-corrected chi connectivity index (χ2v) is 6.99. The molecule has 4 nitrogen and oxygen atoms in total. The van der Waals surface area contributed by atoms with Crippen molar-refractivity contribution in [1.82, 2.24) is 4.90 Å². The first kappa shape index (κ1) is 16.6. The predicted octanol–water partition coefficient (Wildman–Crippen LogP) is 4.45. The van der Waals surface area contributed by atoms with Crippen LogP contribution in [0.3, 0.4) is 0 Å². The molecule has 2 fully saturated rings. The van der Waals surface area contributed by atoms with Gasteiger partial charge < -0.3 is 4.74 Å². The molecule has 1 saturated heterocycles. The van der Waals surface area contributed by atoms with Crippen LogP contribution in [-0.4, -0.2) is 22.8 Å². The molecule has 0 N–H and O–H groups in total. The van der Waals surface area contributed by atoms with Crippen LogP contribution in [0.1, 0.15) is 36.6 Å². The largest absolute Gasteiger partial charge is 0.439 e. The number of hydrogen-bond donors (Lipinski definition) is 0. The molecule has 2 aromatic rings. The Kier molecular flexibility index (Phi) is 4.11. The lowest BCUT2D eigenvalue weighted by molar-refractivity contribution is -0.114. The minimum Gasteiger partial charge on any atom is -0.439 e. The van der Waals surface area contributed by atoms with Gasteiger partial charge in [0, 0.05) is 18.4 Å². The normalized spacial score (nSPS) is 28.5. The van der Waals surface area contributed by atoms with Crippen molar-refractivity contribution in [2.45, 2.75) is 31.5 Å². The first-order chi connectivity index (χ1) is 12.6. The van der Waals surface area contributed by atoms with Gasteiger partial charge in [0.1, 0.15) is 6.04 Å². The summed E-state index contributed by atoms with van der Waals surface area (Å²) < 4.78 is 5.80. The first-order valence-corrected chi connectivity index (χ1v) is 8.88. The minimum absolute atomic E-state index is 0.0327. The molecule has 4 atom stereocenters. The highest BCUT2D eigenvalue weighted by Crippen LogP contribution is 2.47. The molecule has 1 heterocycles. The third-order valence-corrected chi connectivity index (χ3v) is 5.53. The number of cyclic esters (lactones) is 1. The summed E-state index contributed by atoms with van der Waals surface area (Å²) in [5.74, 6) is -0.0407. The number of benzene rings is 2. The zero-order valence-corrected chi connectivity index (χ0v) is 14.7. The van der Waals surface area contributed by atoms with E-state index in [0.717, 1.165) is 11.1 Å². The molecular formula is C22H21NO3. The van der Waals surface area contributed by atoms with Crippen molar-refractivity contribution in [2.24, 2.45) is 5.92 Å². The van der Waals surface area contributed by atoms with Gasteiger partial charge in [0.2, 0.25) is 0 Å². The van der Waals surface area contributed by atoms with E-state index in [9.17, 15) is 9.59 Å². The van der Waals surface area contributed by atoms with Crippen LogP contribution in [-0.2, 0) is 9.53 Å². The standard InChI is InChI=1S/C22H21NO3/c1-14-15(2)19(24)13-18(14)23-20(16-9-5-3-6-10-16)21(26-22(23)25)17-11-7-4-8-12-17/h3-12,14,18,20-21H,2,13H2,1H3/t14-,18-,20-,21+/m0/s1. The number of ketones is 1. The molecule has 1 aliphatic heterocycles. The summed E-state index contributed by atoms with van der Waals surface area (Å²) in [5, 5.41) is 0. The van der Waals surface area contributed by atoms with E-state index in [1.165, 1.54) is 0 Å². The van der Waals surface area contributed by atoms with Crippen LogP contribution in [0.25, 0.3) is 0 Å². The molecule has 0 radical (unpaired) electrons. The van der Waals surface area contributed by atoms with Gasteiger partial charge in [-0.2, -0.15) is 0 Å². The van der Waals surface area contributed by atoms with Crippen molar-refractivity contribution in [3.8, 4) is 0 Å². The minimum atomic E-state index is -0.401. The lowest BCUT2D eigenvalue weighted by Crippen LogP contribution is -2.40. The average molecular weight is 347 g/mol. The third kappa shape index (κ3) is 2.62. The fraction of sp³-hybridized carbons (Fsp3) is 0.273. The summed E-state index contributed by atoms with van der Waals surface area (Å²) in [4.78, 5) is 26.8. The third-order valence-electron chi connectivity index (χ3n) is 5.53. The molecule has 0 spiro atoms. The summed E-state index contributed by atoms with van der Waals surface area (Å²) in [5.41, 5.74) is 2.55. The number of hydrogen-bond acceptors (Lipinski definition) is 3. The summed E-state index contributed by atoms with van der Waals surface area (Å²) in [6.45, 7) is 5.87. The number of amides is 1. The lowest BCUT2D eigenvalue weighted by atomic mass is 9.92. The summed E-state index contributed by atoms with van der Waals surface area (Å²) in [7, 11) is 0. The van der Waals surface area contributed by atoms with E-state index in [1.54, 1.807) is 4.90 Å². The molecule has 26 heavy (non-hydrogen) atoms. The highest BCUT2D eigenvalue weighted by Gasteiger charge is 2.50. The van der Waals surface area contributed by atoms with Gasteiger partial charge in [0.15, 0.2) is 11.9 Å². The van der Waals surface area contributed by atoms with Crippen LogP contribution in [0.5, 0.6) is 0 Å². The summed E-state index contributed by atoms with van der Waals surface area (Å²) in [6, 6.07) is 19.2. The molecule has 2 aromatic carbocycles. The van der Waals surface area contributed by atoms with Gasteiger partial charge >= 0.3 is 6.09 Å². The van der Waals surface area contributed by atoms with Crippen molar-refractivity contribution in [3.63, 3.8) is 0 Å². The van der Waals surface area contributed by atoms with Crippen LogP contribution in [0.15, 0.2) is 72.8 Å². The van der Waals surface area contributed by atoms with Gasteiger partial charge in [-0.3, -0.25) is 9.69 Å². The maximum Gasteiger partial charge on any atom is 0.411 e. The van der Waals surface area contributed by atoms with Crippen LogP contribution >= 0.6 is 0 Å². The molecular weight excluding hydrogens is 326 g/mol. The molecule has 1 saturated carbocycles. The molecule has 2 aliphatic rings. The Morgan fingerprint density at radius 2 is 1.54 bits per heavy atom. The molecule has 0 bridgehead atoms. The van der Waals surface area contributed by atoms with Gasteiger partial charge in [0.25, 0.3) is 0 Å². The topological polar surface area (TPSA) is 46.6 Å². The number of rotatable bonds is 3. The van der Waals surface area contributed by atoms with Gasteiger partial charge in [0.05, 0.1) is 0 Å². The Morgan fingerprint density at radius 3 is 2.08 bits per heavy atom. The zero-order chi connectivity index (χ0) is 18.3. The van der Waals surface area contributed by atoms with Gasteiger partial charge in [-0.1, -0.05) is 74.2 Å². The van der Waals surface area contributed by atoms with Gasteiger partial charge in [-0.15, -0.1) is 0 Å². The predicted molar refractivity (Wildman–Crippen MR) is 98.4 cm³/mol. The van der Waals surface area contributed by atoms with Crippen molar-refractivity contribution < 1.29 is 14.3 Å². The number of ether oxygens (including phenoxy) is 1. The molecule has 0 aromatic heterocycles. The van der Waals surface area contributed by atoms with Crippen molar-refractivity contribution in [2.75, 3.05) is 0 Å². The first-order valence-electron chi connectivity index (χ1n) is 8.88. The highest BCUT2D eigenvalue weighted by atomic mass is 16.6. The zero-order valence-electron chi connectivity index (χ0n) is 14.7. The Morgan fingerprint density at radius 1 is 0.962 bits per heavy atom. The monoisotopic (exact) mass is 347 g/mol. The quantitative estimate of drug-likeness (QED) is 0.771. The van der Waals surface area contributed by atoms with E-state index in [4.69, 9.17) is 4.74 Å². The Hall–Kier alpha value is -2.88. The maximum absolute atomic E-state index is 12.9. The number of carbonyl (C=O) groups excluding carboxylic acids is 2. The summed E-state index contributed by atoms with van der Waals surface area (Å²) in [6.07, 6.45) is -0.464. The Labute approximate surface area is 153 Å². The molecule has 1 aliphatic carbocycles. The van der Waals surface area contributed by atoms with E-state index >= 15 is 0 Å². The number of Topliss-reactive ketones (excluding diaryl/α,β-unsaturated/α-hetero) is 1. The molecule has 132 valence electrons. The molecule has 0 unspecified atom stereocenters. The number of nitrogens with zero attached hydrogens (tertiary/aromatic N) is 1. The summed E-state index contributed by atoms with van der Waals surface area (Å²) >= 11 is 0. The maximum atomic E-state index is 12.9. The van der Waals surface area contributed by atoms with E-state index in [0.29, 0.717) is 12.0 Å². The Balaban J connectivity index is 1.78. The van der Waals surface area contributed by atoms with Crippen LogP contribution in [0.2, 0.25) is 0 Å². The van der Waals surface area contributed by atoms with Crippen molar-refractivity contribution in [1.29, 1.82) is 0 Å². The van der Waals surface area contributed by atoms with Crippen LogP contribution in [0, 0.1) is 5.92 Å². The van der Waals surface area contributed by atoms with Crippen LogP contribution in [0.4, 0.5) is 4.79 Å². The molecule has 4 heteroatoms. The second-order valence-electron chi connectivity index (χ2n) is 6.99. The highest BCUT2D eigenvalue weighted by molar-refractivity contribution is 5.98. The second kappa shape index (κ2) is 6.45. The smallest absolute Gasteiger partial charge is 0.411 e. The van der Waals surface area contributed by atoms with E-state index in [2.05, 4.69) is 6.58 Å². The number of carbonyl (C=O) groups is 2. The van der Waals surface area contributed by atoms with Gasteiger partial charge in [-0.05, 0) is 16.7 Å². The van der Waals surface area contributed by atoms with Crippen molar-refractivity contribution in [3.05, 3.63) is 83.9 Å². The fourth-order valence-corrected chi connectivity index (χ4v) is 4.04. The molecule has 4 rings (SSSR count). The molecule has 1 amide bonds. The van der Waals surface area contributed by atoms with Gasteiger partial charge in [-0.25, -0.2) is 4.79 Å². The van der Waals surface area contributed by atoms with Crippen LogP contribution < -0.4 is 0 Å². The lowest BCUT2D eigenvalue weighted by Gasteiger charge is -2.32. The fourth-order valence-electron chi connectivity index (χ4n) is 4.04. The van der Waals surface area contributed by atoms with E-state index < -0.39 is 6.10 Å². The van der Waals surface area contributed by atoms with E-state index in [-0.39, 0.29) is 29.9 Å².